The predicted molar refractivity (Wildman–Crippen MR) is 139 cm³/mol. The number of nitrogens with one attached hydrogen (secondary N) is 1. The number of carbonyl (C=O) groups excluding carboxylic acids is 2. The number of sulfonamides is 1. The van der Waals surface area contributed by atoms with Gasteiger partial charge in [-0.1, -0.05) is 37.6 Å². The second kappa shape index (κ2) is 11.8. The van der Waals surface area contributed by atoms with Crippen molar-refractivity contribution in [1.29, 1.82) is 0 Å². The van der Waals surface area contributed by atoms with Gasteiger partial charge >= 0.3 is 0 Å². The number of nitrogens with zero attached hydrogens (tertiary/aromatic N) is 2. The van der Waals surface area contributed by atoms with Gasteiger partial charge in [-0.25, -0.2) is 8.42 Å². The fraction of sp³-hybridized carbons (Fsp3) is 0.440. The lowest BCUT2D eigenvalue weighted by atomic mass is 10.1. The third kappa shape index (κ3) is 6.82. The van der Waals surface area contributed by atoms with Crippen molar-refractivity contribution >= 4 is 39.1 Å². The Morgan fingerprint density at radius 2 is 1.81 bits per heavy atom. The molecule has 2 aromatic rings. The van der Waals surface area contributed by atoms with Gasteiger partial charge in [0.05, 0.1) is 11.4 Å². The number of rotatable bonds is 11. The van der Waals surface area contributed by atoms with Gasteiger partial charge in [-0.05, 0) is 49.6 Å². The van der Waals surface area contributed by atoms with Crippen LogP contribution in [0.5, 0.6) is 11.5 Å². The molecule has 9 nitrogen and oxygen atoms in total. The van der Waals surface area contributed by atoms with Crippen LogP contribution in [0.1, 0.15) is 33.3 Å². The summed E-state index contributed by atoms with van der Waals surface area (Å²) in [6.45, 7) is 7.15. The zero-order valence-corrected chi connectivity index (χ0v) is 22.4. The summed E-state index contributed by atoms with van der Waals surface area (Å²) in [5.74, 6) is 0.0525. The highest BCUT2D eigenvalue weighted by Gasteiger charge is 2.31. The molecule has 3 rings (SSSR count). The molecule has 0 saturated heterocycles. The van der Waals surface area contributed by atoms with Gasteiger partial charge in [0.15, 0.2) is 11.5 Å². The van der Waals surface area contributed by atoms with Crippen LogP contribution >= 0.6 is 11.6 Å². The third-order valence-electron chi connectivity index (χ3n) is 5.72. The van der Waals surface area contributed by atoms with Crippen molar-refractivity contribution in [3.63, 3.8) is 0 Å². The first-order chi connectivity index (χ1) is 17.0. The third-order valence-corrected chi connectivity index (χ3v) is 7.69. The second-order valence-electron chi connectivity index (χ2n) is 8.91. The summed E-state index contributed by atoms with van der Waals surface area (Å²) in [5, 5.41) is 3.34. The number of amides is 2. The SMILES string of the molecule is CCS(=O)(=O)N(CC(=O)N(Cc1cccc(Cl)c1)C(C)C(=O)NCC(C)C)c1ccc2c(c1)OCO2. The van der Waals surface area contributed by atoms with Gasteiger partial charge < -0.3 is 19.7 Å². The van der Waals surface area contributed by atoms with Crippen LogP contribution in [0.3, 0.4) is 0 Å². The molecule has 1 unspecified atom stereocenters. The van der Waals surface area contributed by atoms with Crippen molar-refractivity contribution in [2.75, 3.05) is 29.9 Å². The summed E-state index contributed by atoms with van der Waals surface area (Å²) in [4.78, 5) is 27.9. The van der Waals surface area contributed by atoms with E-state index >= 15 is 0 Å². The molecule has 0 aromatic heterocycles. The Labute approximate surface area is 217 Å². The van der Waals surface area contributed by atoms with E-state index in [1.807, 2.05) is 13.8 Å². The highest BCUT2D eigenvalue weighted by Crippen LogP contribution is 2.36. The molecule has 0 bridgehead atoms. The van der Waals surface area contributed by atoms with Crippen molar-refractivity contribution in [3.8, 4) is 11.5 Å². The van der Waals surface area contributed by atoms with E-state index in [4.69, 9.17) is 21.1 Å². The lowest BCUT2D eigenvalue weighted by molar-refractivity contribution is -0.139. The molecular formula is C25H32ClN3O6S. The molecule has 1 atom stereocenters. The van der Waals surface area contributed by atoms with Crippen LogP contribution < -0.4 is 19.1 Å². The quantitative estimate of drug-likeness (QED) is 0.471. The molecule has 0 saturated carbocycles. The summed E-state index contributed by atoms with van der Waals surface area (Å²) in [7, 11) is -3.84. The monoisotopic (exact) mass is 537 g/mol. The van der Waals surface area contributed by atoms with Crippen LogP contribution in [-0.4, -0.2) is 56.8 Å². The van der Waals surface area contributed by atoms with Gasteiger partial charge in [-0.2, -0.15) is 0 Å². The Hall–Kier alpha value is -2.98. The topological polar surface area (TPSA) is 105 Å². The number of anilines is 1. The van der Waals surface area contributed by atoms with Crippen LogP contribution in [0.25, 0.3) is 0 Å². The van der Waals surface area contributed by atoms with Crippen LogP contribution in [0, 0.1) is 5.92 Å². The normalized spacial score (nSPS) is 13.4. The average molecular weight is 538 g/mol. The minimum atomic E-state index is -3.84. The van der Waals surface area contributed by atoms with E-state index in [2.05, 4.69) is 5.32 Å². The zero-order valence-electron chi connectivity index (χ0n) is 20.9. The second-order valence-corrected chi connectivity index (χ2v) is 11.5. The molecule has 2 amide bonds. The molecule has 196 valence electrons. The van der Waals surface area contributed by atoms with E-state index < -0.39 is 28.5 Å². The largest absolute Gasteiger partial charge is 0.454 e. The molecule has 1 aliphatic rings. The molecule has 36 heavy (non-hydrogen) atoms. The number of ether oxygens (including phenoxy) is 2. The molecule has 0 aliphatic carbocycles. The summed E-state index contributed by atoms with van der Waals surface area (Å²) in [5.41, 5.74) is 0.987. The molecule has 11 heteroatoms. The number of hydrogen-bond acceptors (Lipinski definition) is 6. The van der Waals surface area contributed by atoms with Gasteiger partial charge in [0, 0.05) is 24.2 Å². The van der Waals surface area contributed by atoms with E-state index in [0.717, 1.165) is 4.31 Å². The molecule has 0 fully saturated rings. The Morgan fingerprint density at radius 3 is 2.47 bits per heavy atom. The average Bonchev–Trinajstić information content (AvgIpc) is 3.31. The van der Waals surface area contributed by atoms with Crippen molar-refractivity contribution in [2.24, 2.45) is 5.92 Å². The van der Waals surface area contributed by atoms with Crippen molar-refractivity contribution in [3.05, 3.63) is 53.1 Å². The van der Waals surface area contributed by atoms with E-state index in [1.54, 1.807) is 43.3 Å². The maximum Gasteiger partial charge on any atom is 0.244 e. The van der Waals surface area contributed by atoms with Gasteiger partial charge in [-0.3, -0.25) is 13.9 Å². The number of carbonyl (C=O) groups is 2. The summed E-state index contributed by atoms with van der Waals surface area (Å²) < 4.78 is 37.8. The summed E-state index contributed by atoms with van der Waals surface area (Å²) in [6, 6.07) is 10.8. The maximum atomic E-state index is 13.6. The number of hydrogen-bond donors (Lipinski definition) is 1. The molecule has 2 aromatic carbocycles. The minimum Gasteiger partial charge on any atom is -0.454 e. The van der Waals surface area contributed by atoms with Crippen LogP contribution in [-0.2, 0) is 26.2 Å². The molecule has 0 radical (unpaired) electrons. The van der Waals surface area contributed by atoms with Gasteiger partial charge in [0.25, 0.3) is 0 Å². The molecule has 0 spiro atoms. The fourth-order valence-corrected chi connectivity index (χ4v) is 4.89. The highest BCUT2D eigenvalue weighted by molar-refractivity contribution is 7.92. The number of halogens is 1. The Balaban J connectivity index is 1.92. The lowest BCUT2D eigenvalue weighted by Crippen LogP contribution is -2.51. The highest BCUT2D eigenvalue weighted by atomic mass is 35.5. The van der Waals surface area contributed by atoms with E-state index in [1.165, 1.54) is 17.9 Å². The minimum absolute atomic E-state index is 0.0364. The molecular weight excluding hydrogens is 506 g/mol. The first kappa shape index (κ1) is 27.6. The number of fused-ring (bicyclic) bond motifs is 1. The Morgan fingerprint density at radius 1 is 1.08 bits per heavy atom. The molecule has 1 aliphatic heterocycles. The van der Waals surface area contributed by atoms with Crippen molar-refractivity contribution < 1.29 is 27.5 Å². The van der Waals surface area contributed by atoms with E-state index in [-0.39, 0.29) is 36.6 Å². The van der Waals surface area contributed by atoms with Gasteiger partial charge in [0.1, 0.15) is 12.6 Å². The first-order valence-electron chi connectivity index (χ1n) is 11.7. The first-order valence-corrected chi connectivity index (χ1v) is 13.7. The summed E-state index contributed by atoms with van der Waals surface area (Å²) in [6.07, 6.45) is 0. The lowest BCUT2D eigenvalue weighted by Gasteiger charge is -2.32. The van der Waals surface area contributed by atoms with E-state index in [0.29, 0.717) is 28.6 Å². The Kier molecular flexibility index (Phi) is 9.08. The predicted octanol–water partition coefficient (Wildman–Crippen LogP) is 3.41. The van der Waals surface area contributed by atoms with E-state index in [9.17, 15) is 18.0 Å². The Bertz CT molecular complexity index is 1200. The smallest absolute Gasteiger partial charge is 0.244 e. The zero-order chi connectivity index (χ0) is 26.5. The van der Waals surface area contributed by atoms with Crippen LogP contribution in [0.4, 0.5) is 5.69 Å². The van der Waals surface area contributed by atoms with Gasteiger partial charge in [-0.15, -0.1) is 0 Å². The van der Waals surface area contributed by atoms with Crippen molar-refractivity contribution in [2.45, 2.75) is 40.3 Å². The standard InChI is InChI=1S/C25H32ClN3O6S/c1-5-36(32,33)29(21-9-10-22-23(12-21)35-16-34-22)15-24(30)28(14-19-7-6-8-20(26)11-19)18(4)25(31)27-13-17(2)3/h6-12,17-18H,5,13-16H2,1-4H3,(H,27,31). The van der Waals surface area contributed by atoms with Crippen LogP contribution in [0.2, 0.25) is 5.02 Å². The fourth-order valence-electron chi connectivity index (χ4n) is 3.63. The molecule has 1 N–H and O–H groups in total. The maximum absolute atomic E-state index is 13.6. The number of benzene rings is 2. The van der Waals surface area contributed by atoms with Crippen molar-refractivity contribution in [1.82, 2.24) is 10.2 Å². The van der Waals surface area contributed by atoms with Crippen LogP contribution in [0.15, 0.2) is 42.5 Å². The summed E-state index contributed by atoms with van der Waals surface area (Å²) >= 11 is 6.13. The molecule has 1 heterocycles. The van der Waals surface area contributed by atoms with Gasteiger partial charge in [0.2, 0.25) is 28.6 Å².